The van der Waals surface area contributed by atoms with Gasteiger partial charge in [0.25, 0.3) is 11.8 Å². The summed E-state index contributed by atoms with van der Waals surface area (Å²) in [5, 5.41) is 10.6. The SMILES string of the molecule is O=C(CCCCCCCN1C(=O)C=CC1=O)NCc1ccc2ccc3cccc4ccc1c2c34. The molecule has 0 aliphatic carbocycles. The zero-order valence-corrected chi connectivity index (χ0v) is 19.2. The van der Waals surface area contributed by atoms with E-state index in [4.69, 9.17) is 0 Å². The van der Waals surface area contributed by atoms with Gasteiger partial charge in [0, 0.05) is 31.7 Å². The maximum atomic E-state index is 12.4. The standard InChI is InChI=1S/C29H28N2O3/c32-25(9-4-2-1-3-5-18-31-26(33)16-17-27(31)34)30-19-23-13-12-22-11-10-20-7-6-8-21-14-15-24(23)29(22)28(20)21/h6-8,10-17H,1-5,9,18-19H2,(H,30,32). The molecule has 0 saturated carbocycles. The van der Waals surface area contributed by atoms with Crippen molar-refractivity contribution in [3.63, 3.8) is 0 Å². The van der Waals surface area contributed by atoms with Crippen LogP contribution in [0.15, 0.2) is 66.7 Å². The summed E-state index contributed by atoms with van der Waals surface area (Å²) in [6, 6.07) is 19.3. The lowest BCUT2D eigenvalue weighted by atomic mass is 9.92. The summed E-state index contributed by atoms with van der Waals surface area (Å²) in [6.45, 7) is 1.00. The van der Waals surface area contributed by atoms with Crippen LogP contribution < -0.4 is 5.32 Å². The van der Waals surface area contributed by atoms with Gasteiger partial charge in [-0.2, -0.15) is 0 Å². The minimum atomic E-state index is -0.216. The fraction of sp³-hybridized carbons (Fsp3) is 0.276. The van der Waals surface area contributed by atoms with Gasteiger partial charge in [0.05, 0.1) is 0 Å². The topological polar surface area (TPSA) is 66.5 Å². The third-order valence-electron chi connectivity index (χ3n) is 6.78. The van der Waals surface area contributed by atoms with Gasteiger partial charge in [-0.05, 0) is 50.7 Å². The molecule has 5 nitrogen and oxygen atoms in total. The number of nitrogens with zero attached hydrogens (tertiary/aromatic N) is 1. The Morgan fingerprint density at radius 3 is 2.09 bits per heavy atom. The number of hydrogen-bond acceptors (Lipinski definition) is 3. The Labute approximate surface area is 198 Å². The Morgan fingerprint density at radius 1 is 0.706 bits per heavy atom. The second-order valence-electron chi connectivity index (χ2n) is 9.04. The molecule has 3 amide bonds. The first kappa shape index (κ1) is 22.1. The molecule has 4 aromatic rings. The van der Waals surface area contributed by atoms with E-state index in [9.17, 15) is 14.4 Å². The molecule has 1 N–H and O–H groups in total. The fourth-order valence-corrected chi connectivity index (χ4v) is 4.97. The van der Waals surface area contributed by atoms with Gasteiger partial charge in [-0.25, -0.2) is 0 Å². The summed E-state index contributed by atoms with van der Waals surface area (Å²) in [5.41, 5.74) is 1.14. The largest absolute Gasteiger partial charge is 0.352 e. The third kappa shape index (κ3) is 4.38. The number of carbonyl (C=O) groups excluding carboxylic acids is 3. The summed E-state index contributed by atoms with van der Waals surface area (Å²) >= 11 is 0. The van der Waals surface area contributed by atoms with Crippen LogP contribution in [0.2, 0.25) is 0 Å². The van der Waals surface area contributed by atoms with Crippen molar-refractivity contribution in [3.05, 3.63) is 72.3 Å². The Balaban J connectivity index is 1.09. The summed E-state index contributed by atoms with van der Waals surface area (Å²) in [7, 11) is 0. The van der Waals surface area contributed by atoms with Gasteiger partial charge >= 0.3 is 0 Å². The van der Waals surface area contributed by atoms with Crippen molar-refractivity contribution >= 4 is 50.0 Å². The number of benzene rings is 4. The molecular weight excluding hydrogens is 424 g/mol. The van der Waals surface area contributed by atoms with Crippen molar-refractivity contribution in [1.82, 2.24) is 10.2 Å². The quantitative estimate of drug-likeness (QED) is 0.197. The smallest absolute Gasteiger partial charge is 0.253 e. The zero-order valence-electron chi connectivity index (χ0n) is 19.2. The average Bonchev–Trinajstić information content (AvgIpc) is 3.18. The highest BCUT2D eigenvalue weighted by Gasteiger charge is 2.22. The third-order valence-corrected chi connectivity index (χ3v) is 6.78. The van der Waals surface area contributed by atoms with Crippen LogP contribution in [0.4, 0.5) is 0 Å². The molecule has 34 heavy (non-hydrogen) atoms. The first-order valence-electron chi connectivity index (χ1n) is 12.1. The van der Waals surface area contributed by atoms with Gasteiger partial charge in [0.15, 0.2) is 0 Å². The average molecular weight is 453 g/mol. The van der Waals surface area contributed by atoms with E-state index in [0.29, 0.717) is 19.5 Å². The highest BCUT2D eigenvalue weighted by atomic mass is 16.2. The molecule has 0 saturated heterocycles. The normalized spacial score (nSPS) is 13.7. The minimum Gasteiger partial charge on any atom is -0.352 e. The molecule has 4 aromatic carbocycles. The highest BCUT2D eigenvalue weighted by Crippen LogP contribution is 2.35. The van der Waals surface area contributed by atoms with E-state index in [2.05, 4.69) is 59.9 Å². The van der Waals surface area contributed by atoms with Crippen LogP contribution in [0.1, 0.15) is 44.1 Å². The van der Waals surface area contributed by atoms with E-state index in [1.807, 2.05) is 0 Å². The Bertz CT molecular complexity index is 1370. The maximum absolute atomic E-state index is 12.4. The Morgan fingerprint density at radius 2 is 1.32 bits per heavy atom. The van der Waals surface area contributed by atoms with Gasteiger partial charge in [0.1, 0.15) is 0 Å². The van der Waals surface area contributed by atoms with Crippen molar-refractivity contribution in [3.8, 4) is 0 Å². The zero-order chi connectivity index (χ0) is 23.5. The van der Waals surface area contributed by atoms with Gasteiger partial charge < -0.3 is 5.32 Å². The van der Waals surface area contributed by atoms with E-state index >= 15 is 0 Å². The van der Waals surface area contributed by atoms with E-state index in [-0.39, 0.29) is 17.7 Å². The number of rotatable bonds is 10. The second kappa shape index (κ2) is 9.64. The number of unbranched alkanes of at least 4 members (excludes halogenated alkanes) is 4. The lowest BCUT2D eigenvalue weighted by molar-refractivity contribution is -0.136. The lowest BCUT2D eigenvalue weighted by Crippen LogP contribution is -2.30. The van der Waals surface area contributed by atoms with E-state index in [0.717, 1.165) is 37.7 Å². The minimum absolute atomic E-state index is 0.0741. The predicted octanol–water partition coefficient (Wildman–Crippen LogP) is 5.47. The van der Waals surface area contributed by atoms with Gasteiger partial charge in [-0.1, -0.05) is 73.9 Å². The van der Waals surface area contributed by atoms with Crippen molar-refractivity contribution in [2.75, 3.05) is 6.54 Å². The molecule has 1 aliphatic heterocycles. The Kier molecular flexibility index (Phi) is 6.26. The summed E-state index contributed by atoms with van der Waals surface area (Å²) < 4.78 is 0. The van der Waals surface area contributed by atoms with Crippen molar-refractivity contribution < 1.29 is 14.4 Å². The van der Waals surface area contributed by atoms with Crippen molar-refractivity contribution in [1.29, 1.82) is 0 Å². The van der Waals surface area contributed by atoms with E-state index < -0.39 is 0 Å². The van der Waals surface area contributed by atoms with Crippen molar-refractivity contribution in [2.45, 2.75) is 45.1 Å². The summed E-state index contributed by atoms with van der Waals surface area (Å²) in [5.74, 6) is -0.359. The van der Waals surface area contributed by atoms with Gasteiger partial charge in [-0.15, -0.1) is 0 Å². The van der Waals surface area contributed by atoms with Crippen LogP contribution in [0.5, 0.6) is 0 Å². The van der Waals surface area contributed by atoms with Crippen LogP contribution in [-0.2, 0) is 20.9 Å². The van der Waals surface area contributed by atoms with Gasteiger partial charge in [0.2, 0.25) is 5.91 Å². The molecule has 172 valence electrons. The second-order valence-corrected chi connectivity index (χ2v) is 9.04. The molecule has 0 atom stereocenters. The number of carbonyl (C=O) groups is 3. The first-order chi connectivity index (χ1) is 16.6. The summed E-state index contributed by atoms with van der Waals surface area (Å²) in [4.78, 5) is 36.8. The monoisotopic (exact) mass is 452 g/mol. The molecule has 5 rings (SSSR count). The molecule has 0 fully saturated rings. The lowest BCUT2D eigenvalue weighted by Gasteiger charge is -2.14. The van der Waals surface area contributed by atoms with E-state index in [1.54, 1.807) is 0 Å². The molecule has 0 unspecified atom stereocenters. The predicted molar refractivity (Wildman–Crippen MR) is 136 cm³/mol. The molecule has 0 radical (unpaired) electrons. The highest BCUT2D eigenvalue weighted by molar-refractivity contribution is 6.23. The van der Waals surface area contributed by atoms with Crippen LogP contribution in [-0.4, -0.2) is 29.2 Å². The number of hydrogen-bond donors (Lipinski definition) is 1. The number of amides is 3. The van der Waals surface area contributed by atoms with Gasteiger partial charge in [-0.3, -0.25) is 19.3 Å². The van der Waals surface area contributed by atoms with E-state index in [1.165, 1.54) is 49.4 Å². The molecule has 0 bridgehead atoms. The molecule has 1 aliphatic rings. The molecule has 1 heterocycles. The van der Waals surface area contributed by atoms with Crippen LogP contribution in [0.3, 0.4) is 0 Å². The molecule has 0 spiro atoms. The first-order valence-corrected chi connectivity index (χ1v) is 12.1. The Hall–Kier alpha value is -3.73. The maximum Gasteiger partial charge on any atom is 0.253 e. The van der Waals surface area contributed by atoms with Crippen LogP contribution in [0, 0.1) is 0 Å². The summed E-state index contributed by atoms with van der Waals surface area (Å²) in [6.07, 6.45) is 7.71. The number of imide groups is 1. The van der Waals surface area contributed by atoms with Crippen LogP contribution in [0.25, 0.3) is 32.3 Å². The number of nitrogens with one attached hydrogen (secondary N) is 1. The van der Waals surface area contributed by atoms with Crippen molar-refractivity contribution in [2.24, 2.45) is 0 Å². The fourth-order valence-electron chi connectivity index (χ4n) is 4.97. The molecular formula is C29H28N2O3. The van der Waals surface area contributed by atoms with Crippen LogP contribution >= 0.6 is 0 Å². The molecule has 0 aromatic heterocycles. The molecule has 5 heteroatoms.